The number of para-hydroxylation sites is 1. The first-order chi connectivity index (χ1) is 13.7. The van der Waals surface area contributed by atoms with Gasteiger partial charge in [0.2, 0.25) is 5.91 Å². The van der Waals surface area contributed by atoms with Crippen molar-refractivity contribution in [2.24, 2.45) is 0 Å². The molecule has 0 aliphatic carbocycles. The molecule has 4 nitrogen and oxygen atoms in total. The summed E-state index contributed by atoms with van der Waals surface area (Å²) in [6, 6.07) is 16.3. The molecule has 1 fully saturated rings. The van der Waals surface area contributed by atoms with Crippen LogP contribution in [0.3, 0.4) is 0 Å². The van der Waals surface area contributed by atoms with Crippen molar-refractivity contribution in [1.29, 1.82) is 0 Å². The molecule has 1 amide bonds. The Labute approximate surface area is 170 Å². The molecule has 2 aromatic carbocycles. The largest absolute Gasteiger partial charge is 0.361 e. The van der Waals surface area contributed by atoms with E-state index in [9.17, 15) is 4.79 Å². The first kappa shape index (κ1) is 19.0. The van der Waals surface area contributed by atoms with Crippen LogP contribution in [0.5, 0.6) is 0 Å². The standard InChI is InChI=1S/C23H26ClN3O/c24-20-9-3-1-8-19(20)22(27-13-5-6-14-27)16-26-23(28)12-11-17-15-25-21-10-4-2-7-18(17)21/h1-4,7-10,15,22,25H,5-6,11-14,16H2,(H,26,28). The summed E-state index contributed by atoms with van der Waals surface area (Å²) in [5.41, 5.74) is 3.40. The Bertz CT molecular complexity index is 946. The fourth-order valence-corrected chi connectivity index (χ4v) is 4.38. The van der Waals surface area contributed by atoms with Crippen LogP contribution in [0.15, 0.2) is 54.7 Å². The Morgan fingerprint density at radius 2 is 1.86 bits per heavy atom. The van der Waals surface area contributed by atoms with Crippen LogP contribution in [0.4, 0.5) is 0 Å². The molecule has 28 heavy (non-hydrogen) atoms. The number of aromatic nitrogens is 1. The Morgan fingerprint density at radius 3 is 2.68 bits per heavy atom. The highest BCUT2D eigenvalue weighted by atomic mass is 35.5. The fraction of sp³-hybridized carbons (Fsp3) is 0.348. The minimum atomic E-state index is 0.0848. The summed E-state index contributed by atoms with van der Waals surface area (Å²) in [5.74, 6) is 0.0848. The molecule has 0 saturated carbocycles. The highest BCUT2D eigenvalue weighted by Gasteiger charge is 2.25. The number of aromatic amines is 1. The molecule has 1 aliphatic rings. The zero-order valence-corrected chi connectivity index (χ0v) is 16.7. The lowest BCUT2D eigenvalue weighted by atomic mass is 10.0. The van der Waals surface area contributed by atoms with Gasteiger partial charge in [-0.15, -0.1) is 0 Å². The normalized spacial score (nSPS) is 15.8. The minimum Gasteiger partial charge on any atom is -0.361 e. The Hall–Kier alpha value is -2.30. The number of rotatable bonds is 7. The molecule has 2 N–H and O–H groups in total. The molecule has 0 spiro atoms. The van der Waals surface area contributed by atoms with Gasteiger partial charge in [0.05, 0.1) is 6.04 Å². The molecule has 1 saturated heterocycles. The van der Waals surface area contributed by atoms with Gasteiger partial charge in [-0.1, -0.05) is 48.0 Å². The van der Waals surface area contributed by atoms with E-state index in [4.69, 9.17) is 11.6 Å². The average Bonchev–Trinajstić information content (AvgIpc) is 3.38. The maximum atomic E-state index is 12.5. The molecule has 3 aromatic rings. The van der Waals surface area contributed by atoms with Crippen molar-refractivity contribution in [2.75, 3.05) is 19.6 Å². The zero-order chi connectivity index (χ0) is 19.3. The van der Waals surface area contributed by atoms with E-state index >= 15 is 0 Å². The highest BCUT2D eigenvalue weighted by molar-refractivity contribution is 6.31. The van der Waals surface area contributed by atoms with Crippen LogP contribution in [0.25, 0.3) is 10.9 Å². The van der Waals surface area contributed by atoms with E-state index < -0.39 is 0 Å². The number of hydrogen-bond donors (Lipinski definition) is 2. The molecule has 1 atom stereocenters. The van der Waals surface area contributed by atoms with Gasteiger partial charge in [0.1, 0.15) is 0 Å². The number of benzene rings is 2. The molecule has 2 heterocycles. The van der Waals surface area contributed by atoms with E-state index in [-0.39, 0.29) is 11.9 Å². The first-order valence-electron chi connectivity index (χ1n) is 10.0. The van der Waals surface area contributed by atoms with Gasteiger partial charge in [0.25, 0.3) is 0 Å². The smallest absolute Gasteiger partial charge is 0.220 e. The topological polar surface area (TPSA) is 48.1 Å². The maximum absolute atomic E-state index is 12.5. The van der Waals surface area contributed by atoms with Gasteiger partial charge in [-0.05, 0) is 55.6 Å². The van der Waals surface area contributed by atoms with Crippen LogP contribution in [0, 0.1) is 0 Å². The predicted molar refractivity (Wildman–Crippen MR) is 115 cm³/mol. The van der Waals surface area contributed by atoms with Crippen molar-refractivity contribution in [3.63, 3.8) is 0 Å². The summed E-state index contributed by atoms with van der Waals surface area (Å²) in [4.78, 5) is 18.2. The number of likely N-dealkylation sites (tertiary alicyclic amines) is 1. The van der Waals surface area contributed by atoms with Crippen LogP contribution in [-0.2, 0) is 11.2 Å². The fourth-order valence-electron chi connectivity index (χ4n) is 4.12. The molecule has 1 aromatic heterocycles. The van der Waals surface area contributed by atoms with Crippen LogP contribution < -0.4 is 5.32 Å². The monoisotopic (exact) mass is 395 g/mol. The second-order valence-electron chi connectivity index (χ2n) is 7.44. The van der Waals surface area contributed by atoms with Crippen molar-refractivity contribution in [2.45, 2.75) is 31.7 Å². The second-order valence-corrected chi connectivity index (χ2v) is 7.85. The number of nitrogens with zero attached hydrogens (tertiary/aromatic N) is 1. The summed E-state index contributed by atoms with van der Waals surface area (Å²) >= 11 is 6.45. The SMILES string of the molecule is O=C(CCc1c[nH]c2ccccc12)NCC(c1ccccc1Cl)N1CCCC1. The van der Waals surface area contributed by atoms with Crippen molar-refractivity contribution in [3.05, 3.63) is 70.9 Å². The number of carbonyl (C=O) groups excluding carboxylic acids is 1. The van der Waals surface area contributed by atoms with Gasteiger partial charge in [0, 0.05) is 35.1 Å². The number of carbonyl (C=O) groups is 1. The lowest BCUT2D eigenvalue weighted by Crippen LogP contribution is -2.37. The molecular weight excluding hydrogens is 370 g/mol. The highest BCUT2D eigenvalue weighted by Crippen LogP contribution is 2.29. The van der Waals surface area contributed by atoms with Gasteiger partial charge in [-0.2, -0.15) is 0 Å². The third kappa shape index (κ3) is 4.23. The molecule has 1 aliphatic heterocycles. The lowest BCUT2D eigenvalue weighted by Gasteiger charge is -2.29. The maximum Gasteiger partial charge on any atom is 0.220 e. The molecule has 4 rings (SSSR count). The summed E-state index contributed by atoms with van der Waals surface area (Å²) in [6.45, 7) is 2.71. The summed E-state index contributed by atoms with van der Waals surface area (Å²) in [6.07, 6.45) is 5.63. The zero-order valence-electron chi connectivity index (χ0n) is 16.0. The van der Waals surface area contributed by atoms with E-state index in [0.717, 1.165) is 35.6 Å². The number of fused-ring (bicyclic) bond motifs is 1. The minimum absolute atomic E-state index is 0.0848. The molecular formula is C23H26ClN3O. The van der Waals surface area contributed by atoms with Crippen molar-refractivity contribution >= 4 is 28.4 Å². The van der Waals surface area contributed by atoms with Crippen LogP contribution in [-0.4, -0.2) is 35.4 Å². The Morgan fingerprint density at radius 1 is 1.11 bits per heavy atom. The lowest BCUT2D eigenvalue weighted by molar-refractivity contribution is -0.121. The van der Waals surface area contributed by atoms with Crippen LogP contribution in [0.1, 0.15) is 36.4 Å². The molecule has 146 valence electrons. The van der Waals surface area contributed by atoms with E-state index in [1.54, 1.807) is 0 Å². The van der Waals surface area contributed by atoms with Crippen molar-refractivity contribution in [3.8, 4) is 0 Å². The number of aryl methyl sites for hydroxylation is 1. The number of H-pyrrole nitrogens is 1. The van der Waals surface area contributed by atoms with Crippen molar-refractivity contribution in [1.82, 2.24) is 15.2 Å². The van der Waals surface area contributed by atoms with E-state index in [2.05, 4.69) is 33.4 Å². The number of halogens is 1. The summed E-state index contributed by atoms with van der Waals surface area (Å²) in [7, 11) is 0. The Balaban J connectivity index is 1.38. The number of nitrogens with one attached hydrogen (secondary N) is 2. The van der Waals surface area contributed by atoms with Gasteiger partial charge in [0.15, 0.2) is 0 Å². The molecule has 1 unspecified atom stereocenters. The molecule has 0 radical (unpaired) electrons. The van der Waals surface area contributed by atoms with Crippen molar-refractivity contribution < 1.29 is 4.79 Å². The number of amides is 1. The summed E-state index contributed by atoms with van der Waals surface area (Å²) < 4.78 is 0. The molecule has 5 heteroatoms. The van der Waals surface area contributed by atoms with Gasteiger partial charge in [-0.3, -0.25) is 9.69 Å². The first-order valence-corrected chi connectivity index (χ1v) is 10.4. The van der Waals surface area contributed by atoms with Crippen LogP contribution in [0.2, 0.25) is 5.02 Å². The second kappa shape index (κ2) is 8.80. The summed E-state index contributed by atoms with van der Waals surface area (Å²) in [5, 5.41) is 5.11. The van der Waals surface area contributed by atoms with Gasteiger partial charge < -0.3 is 10.3 Å². The van der Waals surface area contributed by atoms with E-state index in [1.165, 1.54) is 23.8 Å². The molecule has 0 bridgehead atoms. The third-order valence-electron chi connectivity index (χ3n) is 5.63. The third-order valence-corrected chi connectivity index (χ3v) is 5.98. The van der Waals surface area contributed by atoms with Gasteiger partial charge >= 0.3 is 0 Å². The quantitative estimate of drug-likeness (QED) is 0.608. The predicted octanol–water partition coefficient (Wildman–Crippen LogP) is 4.71. The van der Waals surface area contributed by atoms with Gasteiger partial charge in [-0.25, -0.2) is 0 Å². The van der Waals surface area contributed by atoms with E-state index in [0.29, 0.717) is 13.0 Å². The average molecular weight is 396 g/mol. The Kier molecular flexibility index (Phi) is 5.98. The number of hydrogen-bond acceptors (Lipinski definition) is 2. The van der Waals surface area contributed by atoms with E-state index in [1.807, 2.05) is 36.5 Å². The van der Waals surface area contributed by atoms with Crippen LogP contribution >= 0.6 is 11.6 Å².